The van der Waals surface area contributed by atoms with Gasteiger partial charge in [0.2, 0.25) is 0 Å². The molecule has 0 radical (unpaired) electrons. The molecule has 16 heavy (non-hydrogen) atoms. The third-order valence-corrected chi connectivity index (χ3v) is 4.01. The number of rotatable bonds is 2. The molecule has 0 unspecified atom stereocenters. The molecule has 1 N–H and O–H groups in total. The topological polar surface area (TPSA) is 29.9 Å². The van der Waals surface area contributed by atoms with Crippen LogP contribution in [0.2, 0.25) is 0 Å². The number of aromatic nitrogens is 2. The van der Waals surface area contributed by atoms with Gasteiger partial charge in [0.05, 0.1) is 12.2 Å². The predicted octanol–water partition coefficient (Wildman–Crippen LogP) is 2.54. The van der Waals surface area contributed by atoms with Gasteiger partial charge in [-0.25, -0.2) is 0 Å². The normalized spacial score (nSPS) is 17.8. The standard InChI is InChI=1S/C12H15N3S/c1-2-12(16-7-1)10-8-14-15(9-10)11-3-5-13-6-4-11/h1-2,7-9,11,13H,3-6H2. The van der Waals surface area contributed by atoms with E-state index in [0.29, 0.717) is 6.04 Å². The third kappa shape index (κ3) is 1.90. The minimum atomic E-state index is 0.579. The molecule has 4 heteroatoms. The number of piperidine rings is 1. The Bertz CT molecular complexity index is 441. The average Bonchev–Trinajstić information content (AvgIpc) is 3.01. The SMILES string of the molecule is c1csc(-c2cnn(C3CCNCC3)c2)c1. The monoisotopic (exact) mass is 233 g/mol. The zero-order valence-corrected chi connectivity index (χ0v) is 9.91. The van der Waals surface area contributed by atoms with Crippen LogP contribution in [-0.4, -0.2) is 22.9 Å². The molecule has 84 valence electrons. The van der Waals surface area contributed by atoms with Crippen molar-refractivity contribution in [3.63, 3.8) is 0 Å². The molecule has 2 aromatic heterocycles. The lowest BCUT2D eigenvalue weighted by atomic mass is 10.1. The maximum atomic E-state index is 4.49. The highest BCUT2D eigenvalue weighted by molar-refractivity contribution is 7.13. The van der Waals surface area contributed by atoms with Crippen LogP contribution in [-0.2, 0) is 0 Å². The summed E-state index contributed by atoms with van der Waals surface area (Å²) in [5.41, 5.74) is 1.24. The first-order valence-electron chi connectivity index (χ1n) is 5.72. The van der Waals surface area contributed by atoms with E-state index in [2.05, 4.69) is 38.8 Å². The van der Waals surface area contributed by atoms with Crippen molar-refractivity contribution in [1.29, 1.82) is 0 Å². The molecule has 0 atom stereocenters. The summed E-state index contributed by atoms with van der Waals surface area (Å²) in [6.07, 6.45) is 6.53. The Morgan fingerprint density at radius 2 is 2.25 bits per heavy atom. The number of hydrogen-bond acceptors (Lipinski definition) is 3. The third-order valence-electron chi connectivity index (χ3n) is 3.09. The van der Waals surface area contributed by atoms with Crippen LogP contribution in [0.1, 0.15) is 18.9 Å². The maximum absolute atomic E-state index is 4.49. The number of thiophene rings is 1. The van der Waals surface area contributed by atoms with Gasteiger partial charge in [-0.05, 0) is 37.4 Å². The molecule has 3 rings (SSSR count). The van der Waals surface area contributed by atoms with Gasteiger partial charge in [-0.1, -0.05) is 6.07 Å². The van der Waals surface area contributed by atoms with Crippen LogP contribution >= 0.6 is 11.3 Å². The van der Waals surface area contributed by atoms with Gasteiger partial charge in [-0.3, -0.25) is 4.68 Å². The Balaban J connectivity index is 1.82. The van der Waals surface area contributed by atoms with E-state index in [1.807, 2.05) is 6.20 Å². The smallest absolute Gasteiger partial charge is 0.0576 e. The Kier molecular flexibility index (Phi) is 2.76. The lowest BCUT2D eigenvalue weighted by Crippen LogP contribution is -2.29. The van der Waals surface area contributed by atoms with Gasteiger partial charge in [-0.15, -0.1) is 11.3 Å². The van der Waals surface area contributed by atoms with E-state index in [4.69, 9.17) is 0 Å². The second-order valence-corrected chi connectivity index (χ2v) is 5.12. The highest BCUT2D eigenvalue weighted by atomic mass is 32.1. The quantitative estimate of drug-likeness (QED) is 0.864. The number of nitrogens with zero attached hydrogens (tertiary/aromatic N) is 2. The van der Waals surface area contributed by atoms with Crippen LogP contribution in [0.5, 0.6) is 0 Å². The highest BCUT2D eigenvalue weighted by Crippen LogP contribution is 2.26. The fourth-order valence-corrected chi connectivity index (χ4v) is 2.88. The van der Waals surface area contributed by atoms with Crippen molar-refractivity contribution < 1.29 is 0 Å². The summed E-state index contributed by atoms with van der Waals surface area (Å²) in [5, 5.41) is 9.98. The molecule has 3 nitrogen and oxygen atoms in total. The van der Waals surface area contributed by atoms with Gasteiger partial charge < -0.3 is 5.32 Å². The molecule has 2 aromatic rings. The summed E-state index contributed by atoms with van der Waals surface area (Å²) < 4.78 is 2.13. The van der Waals surface area contributed by atoms with Gasteiger partial charge in [0.25, 0.3) is 0 Å². The van der Waals surface area contributed by atoms with Crippen molar-refractivity contribution in [2.75, 3.05) is 13.1 Å². The summed E-state index contributed by atoms with van der Waals surface area (Å²) in [6, 6.07) is 4.81. The van der Waals surface area contributed by atoms with E-state index in [1.165, 1.54) is 23.3 Å². The summed E-state index contributed by atoms with van der Waals surface area (Å²) in [7, 11) is 0. The van der Waals surface area contributed by atoms with Crippen molar-refractivity contribution in [3.05, 3.63) is 29.9 Å². The molecule has 1 saturated heterocycles. The van der Waals surface area contributed by atoms with E-state index in [0.717, 1.165) is 13.1 Å². The maximum Gasteiger partial charge on any atom is 0.0576 e. The van der Waals surface area contributed by atoms with Crippen LogP contribution < -0.4 is 5.32 Å². The lowest BCUT2D eigenvalue weighted by molar-refractivity contribution is 0.343. The van der Waals surface area contributed by atoms with E-state index in [9.17, 15) is 0 Å². The fourth-order valence-electron chi connectivity index (χ4n) is 2.18. The first-order valence-corrected chi connectivity index (χ1v) is 6.60. The van der Waals surface area contributed by atoms with Crippen LogP contribution in [0.25, 0.3) is 10.4 Å². The van der Waals surface area contributed by atoms with Crippen molar-refractivity contribution in [1.82, 2.24) is 15.1 Å². The molecule has 3 heterocycles. The van der Waals surface area contributed by atoms with Gasteiger partial charge in [-0.2, -0.15) is 5.10 Å². The fraction of sp³-hybridized carbons (Fsp3) is 0.417. The van der Waals surface area contributed by atoms with E-state index >= 15 is 0 Å². The van der Waals surface area contributed by atoms with E-state index in [-0.39, 0.29) is 0 Å². The summed E-state index contributed by atoms with van der Waals surface area (Å²) >= 11 is 1.77. The number of nitrogens with one attached hydrogen (secondary N) is 1. The number of hydrogen-bond donors (Lipinski definition) is 1. The van der Waals surface area contributed by atoms with Crippen LogP contribution in [0.15, 0.2) is 29.9 Å². The van der Waals surface area contributed by atoms with Crippen molar-refractivity contribution in [2.24, 2.45) is 0 Å². The molecule has 1 fully saturated rings. The first-order chi connectivity index (χ1) is 7.93. The zero-order chi connectivity index (χ0) is 10.8. The van der Waals surface area contributed by atoms with Crippen molar-refractivity contribution >= 4 is 11.3 Å². The zero-order valence-electron chi connectivity index (χ0n) is 9.10. The van der Waals surface area contributed by atoms with E-state index in [1.54, 1.807) is 11.3 Å². The summed E-state index contributed by atoms with van der Waals surface area (Å²) in [5.74, 6) is 0. The van der Waals surface area contributed by atoms with Crippen LogP contribution in [0, 0.1) is 0 Å². The van der Waals surface area contributed by atoms with Gasteiger partial charge in [0, 0.05) is 16.6 Å². The lowest BCUT2D eigenvalue weighted by Gasteiger charge is -2.22. The van der Waals surface area contributed by atoms with Crippen LogP contribution in [0.4, 0.5) is 0 Å². The molecule has 0 aliphatic carbocycles. The molecule has 0 amide bonds. The molecule has 1 aliphatic heterocycles. The molecule has 0 aromatic carbocycles. The Morgan fingerprint density at radius 3 is 3.00 bits per heavy atom. The van der Waals surface area contributed by atoms with Crippen LogP contribution in [0.3, 0.4) is 0 Å². The van der Waals surface area contributed by atoms with Gasteiger partial charge in [0.1, 0.15) is 0 Å². The molecular formula is C12H15N3S. The Hall–Kier alpha value is -1.13. The van der Waals surface area contributed by atoms with Crippen molar-refractivity contribution in [3.8, 4) is 10.4 Å². The molecule has 0 spiro atoms. The first kappa shape index (κ1) is 10.1. The van der Waals surface area contributed by atoms with E-state index < -0.39 is 0 Å². The molecular weight excluding hydrogens is 218 g/mol. The minimum absolute atomic E-state index is 0.579. The minimum Gasteiger partial charge on any atom is -0.317 e. The summed E-state index contributed by atoms with van der Waals surface area (Å²) in [6.45, 7) is 2.22. The molecule has 1 aliphatic rings. The molecule has 0 bridgehead atoms. The second-order valence-electron chi connectivity index (χ2n) is 4.17. The second kappa shape index (κ2) is 4.39. The summed E-state index contributed by atoms with van der Waals surface area (Å²) in [4.78, 5) is 1.31. The highest BCUT2D eigenvalue weighted by Gasteiger charge is 2.15. The largest absolute Gasteiger partial charge is 0.317 e. The predicted molar refractivity (Wildman–Crippen MR) is 66.7 cm³/mol. The molecule has 0 saturated carbocycles. The van der Waals surface area contributed by atoms with Gasteiger partial charge in [0.15, 0.2) is 0 Å². The Labute approximate surface area is 99.1 Å². The average molecular weight is 233 g/mol. The van der Waals surface area contributed by atoms with Gasteiger partial charge >= 0.3 is 0 Å². The van der Waals surface area contributed by atoms with Crippen molar-refractivity contribution in [2.45, 2.75) is 18.9 Å². The Morgan fingerprint density at radius 1 is 1.38 bits per heavy atom.